The van der Waals surface area contributed by atoms with Gasteiger partial charge in [-0.25, -0.2) is 5.48 Å². The minimum atomic E-state index is -1.16. The topological polar surface area (TPSA) is 96.3 Å². The molecule has 5 rings (SSSR count). The van der Waals surface area contributed by atoms with Crippen molar-refractivity contribution in [1.82, 2.24) is 10.4 Å². The number of fused-ring (bicyclic) bond motifs is 1. The second kappa shape index (κ2) is 11.0. The SMILES string of the molecule is CC(O)C(C(=O)NO)N1Cc2cc(N3CCN(c4ccc(C#Cc5ccccc5)cc4)CC3)ccc2C1=O. The molecule has 2 aliphatic rings. The van der Waals surface area contributed by atoms with Gasteiger partial charge < -0.3 is 19.8 Å². The summed E-state index contributed by atoms with van der Waals surface area (Å²) in [6.45, 7) is 5.00. The third-order valence-corrected chi connectivity index (χ3v) is 7.09. The van der Waals surface area contributed by atoms with Crippen molar-refractivity contribution in [3.63, 3.8) is 0 Å². The van der Waals surface area contributed by atoms with Gasteiger partial charge in [0.1, 0.15) is 6.04 Å². The van der Waals surface area contributed by atoms with Crippen LogP contribution in [-0.2, 0) is 11.3 Å². The summed E-state index contributed by atoms with van der Waals surface area (Å²) in [6.07, 6.45) is -1.13. The van der Waals surface area contributed by atoms with E-state index in [1.165, 1.54) is 11.8 Å². The minimum Gasteiger partial charge on any atom is -0.391 e. The van der Waals surface area contributed by atoms with Crippen LogP contribution in [0.25, 0.3) is 0 Å². The van der Waals surface area contributed by atoms with Gasteiger partial charge in [0.05, 0.1) is 6.10 Å². The highest BCUT2D eigenvalue weighted by molar-refractivity contribution is 6.01. The number of benzene rings is 3. The minimum absolute atomic E-state index is 0.199. The zero-order valence-electron chi connectivity index (χ0n) is 21.2. The number of rotatable bonds is 5. The van der Waals surface area contributed by atoms with Gasteiger partial charge in [0.2, 0.25) is 0 Å². The van der Waals surface area contributed by atoms with E-state index in [-0.39, 0.29) is 12.5 Å². The third kappa shape index (κ3) is 5.21. The molecule has 1 fully saturated rings. The van der Waals surface area contributed by atoms with E-state index in [2.05, 4.69) is 45.9 Å². The van der Waals surface area contributed by atoms with Gasteiger partial charge in [0.25, 0.3) is 11.8 Å². The Labute approximate surface area is 222 Å². The van der Waals surface area contributed by atoms with Crippen LogP contribution in [0.5, 0.6) is 0 Å². The zero-order chi connectivity index (χ0) is 26.6. The number of aliphatic hydroxyl groups is 1. The van der Waals surface area contributed by atoms with Gasteiger partial charge in [-0.15, -0.1) is 0 Å². The number of anilines is 2. The molecule has 2 amide bonds. The predicted molar refractivity (Wildman–Crippen MR) is 145 cm³/mol. The van der Waals surface area contributed by atoms with Crippen molar-refractivity contribution in [2.24, 2.45) is 0 Å². The van der Waals surface area contributed by atoms with Crippen molar-refractivity contribution >= 4 is 23.2 Å². The van der Waals surface area contributed by atoms with Gasteiger partial charge in [0, 0.05) is 60.8 Å². The molecular formula is C30H30N4O4. The Balaban J connectivity index is 1.22. The van der Waals surface area contributed by atoms with Crippen LogP contribution in [0.3, 0.4) is 0 Å². The highest BCUT2D eigenvalue weighted by Crippen LogP contribution is 2.30. The summed E-state index contributed by atoms with van der Waals surface area (Å²) in [5.41, 5.74) is 7.03. The molecule has 0 aromatic heterocycles. The Hall–Kier alpha value is -4.32. The lowest BCUT2D eigenvalue weighted by Gasteiger charge is -2.37. The van der Waals surface area contributed by atoms with Gasteiger partial charge in [-0.3, -0.25) is 14.8 Å². The highest BCUT2D eigenvalue weighted by Gasteiger charge is 2.39. The van der Waals surface area contributed by atoms with E-state index in [4.69, 9.17) is 5.21 Å². The monoisotopic (exact) mass is 510 g/mol. The van der Waals surface area contributed by atoms with E-state index in [9.17, 15) is 14.7 Å². The molecule has 3 aromatic rings. The first-order valence-corrected chi connectivity index (χ1v) is 12.7. The van der Waals surface area contributed by atoms with Crippen molar-refractivity contribution in [2.75, 3.05) is 36.0 Å². The lowest BCUT2D eigenvalue weighted by atomic mass is 10.1. The molecule has 0 radical (unpaired) electrons. The van der Waals surface area contributed by atoms with E-state index in [0.717, 1.165) is 54.2 Å². The van der Waals surface area contributed by atoms with Crippen molar-refractivity contribution in [2.45, 2.75) is 25.6 Å². The standard InChI is InChI=1S/C30H30N4O4/c1-21(35)28(29(36)31-38)34-20-24-19-26(13-14-27(24)30(34)37)33-17-15-32(16-18-33)25-11-9-23(10-12-25)8-7-22-5-3-2-4-6-22/h2-6,9-14,19,21,28,35,38H,15-18,20H2,1H3,(H,31,36). The van der Waals surface area contributed by atoms with Gasteiger partial charge in [-0.2, -0.15) is 0 Å². The number of piperazine rings is 1. The lowest BCUT2D eigenvalue weighted by Crippen LogP contribution is -2.52. The number of nitrogens with zero attached hydrogens (tertiary/aromatic N) is 3. The fourth-order valence-corrected chi connectivity index (χ4v) is 5.08. The third-order valence-electron chi connectivity index (χ3n) is 7.09. The molecule has 3 N–H and O–H groups in total. The van der Waals surface area contributed by atoms with Gasteiger partial charge >= 0.3 is 0 Å². The summed E-state index contributed by atoms with van der Waals surface area (Å²) in [4.78, 5) is 30.9. The molecular weight excluding hydrogens is 480 g/mol. The van der Waals surface area contributed by atoms with E-state index in [1.54, 1.807) is 11.5 Å². The zero-order valence-corrected chi connectivity index (χ0v) is 21.2. The molecule has 8 heteroatoms. The molecule has 2 unspecified atom stereocenters. The van der Waals surface area contributed by atoms with Gasteiger partial charge in [-0.05, 0) is 67.1 Å². The molecule has 3 aromatic carbocycles. The van der Waals surface area contributed by atoms with Crippen LogP contribution >= 0.6 is 0 Å². The maximum absolute atomic E-state index is 12.9. The maximum atomic E-state index is 12.9. The average Bonchev–Trinajstić information content (AvgIpc) is 3.27. The fourth-order valence-electron chi connectivity index (χ4n) is 5.08. The number of amides is 2. The van der Waals surface area contributed by atoms with Crippen LogP contribution in [0.1, 0.15) is 34.0 Å². The predicted octanol–water partition coefficient (Wildman–Crippen LogP) is 2.62. The van der Waals surface area contributed by atoms with Crippen molar-refractivity contribution in [3.05, 3.63) is 95.1 Å². The van der Waals surface area contributed by atoms with E-state index >= 15 is 0 Å². The first kappa shape index (κ1) is 25.3. The fraction of sp³-hybridized carbons (Fsp3) is 0.267. The highest BCUT2D eigenvalue weighted by atomic mass is 16.5. The summed E-state index contributed by atoms with van der Waals surface area (Å²) < 4.78 is 0. The Morgan fingerprint density at radius 2 is 1.45 bits per heavy atom. The van der Waals surface area contributed by atoms with Crippen LogP contribution in [-0.4, -0.2) is 65.4 Å². The van der Waals surface area contributed by atoms with E-state index in [1.807, 2.05) is 42.5 Å². The quantitative estimate of drug-likeness (QED) is 0.278. The summed E-state index contributed by atoms with van der Waals surface area (Å²) in [7, 11) is 0. The van der Waals surface area contributed by atoms with Gasteiger partial charge in [-0.1, -0.05) is 30.0 Å². The van der Waals surface area contributed by atoms with Crippen LogP contribution in [0, 0.1) is 11.8 Å². The maximum Gasteiger partial charge on any atom is 0.268 e. The second-order valence-electron chi connectivity index (χ2n) is 9.57. The summed E-state index contributed by atoms with van der Waals surface area (Å²) in [5, 5.41) is 19.1. The Bertz CT molecular complexity index is 1370. The molecule has 8 nitrogen and oxygen atoms in total. The first-order chi connectivity index (χ1) is 18.4. The van der Waals surface area contributed by atoms with Crippen molar-refractivity contribution in [1.29, 1.82) is 0 Å². The molecule has 2 aliphatic heterocycles. The molecule has 2 atom stereocenters. The molecule has 0 aliphatic carbocycles. The summed E-state index contributed by atoms with van der Waals surface area (Å²) in [6, 6.07) is 22.8. The van der Waals surface area contributed by atoms with E-state index < -0.39 is 18.1 Å². The largest absolute Gasteiger partial charge is 0.391 e. The van der Waals surface area contributed by atoms with Gasteiger partial charge in [0.15, 0.2) is 0 Å². The normalized spacial score (nSPS) is 16.4. The Morgan fingerprint density at radius 1 is 0.868 bits per heavy atom. The number of nitrogens with one attached hydrogen (secondary N) is 1. The number of hydrogen-bond donors (Lipinski definition) is 3. The summed E-state index contributed by atoms with van der Waals surface area (Å²) in [5.74, 6) is 5.26. The van der Waals surface area contributed by atoms with Crippen molar-refractivity contribution in [3.8, 4) is 11.8 Å². The van der Waals surface area contributed by atoms with Crippen molar-refractivity contribution < 1.29 is 19.9 Å². The van der Waals surface area contributed by atoms with Crippen LogP contribution < -0.4 is 15.3 Å². The summed E-state index contributed by atoms with van der Waals surface area (Å²) >= 11 is 0. The molecule has 1 saturated heterocycles. The number of hydrogen-bond acceptors (Lipinski definition) is 6. The van der Waals surface area contributed by atoms with Crippen LogP contribution in [0.2, 0.25) is 0 Å². The molecule has 38 heavy (non-hydrogen) atoms. The van der Waals surface area contributed by atoms with Crippen LogP contribution in [0.15, 0.2) is 72.8 Å². The molecule has 0 spiro atoms. The molecule has 194 valence electrons. The van der Waals surface area contributed by atoms with Crippen LogP contribution in [0.4, 0.5) is 11.4 Å². The average molecular weight is 511 g/mol. The van der Waals surface area contributed by atoms with E-state index in [0.29, 0.717) is 5.56 Å². The first-order valence-electron chi connectivity index (χ1n) is 12.7. The number of carbonyl (C=O) groups excluding carboxylic acids is 2. The molecule has 0 saturated carbocycles. The Kier molecular flexibility index (Phi) is 7.31. The molecule has 0 bridgehead atoms. The lowest BCUT2D eigenvalue weighted by molar-refractivity contribution is -0.137. The smallest absolute Gasteiger partial charge is 0.268 e. The number of carbonyl (C=O) groups is 2. The number of aliphatic hydroxyl groups excluding tert-OH is 1. The Morgan fingerprint density at radius 3 is 2.05 bits per heavy atom. The number of hydroxylamine groups is 1. The molecule has 2 heterocycles. The second-order valence-corrected chi connectivity index (χ2v) is 9.57.